The molecule has 0 aromatic heterocycles. The molecule has 1 fully saturated rings. The number of hydrogen-bond acceptors (Lipinski definition) is 4. The van der Waals surface area contributed by atoms with Crippen LogP contribution in [0.15, 0.2) is 41.5 Å². The summed E-state index contributed by atoms with van der Waals surface area (Å²) in [4.78, 5) is 2.25. The molecule has 1 saturated heterocycles. The van der Waals surface area contributed by atoms with Crippen LogP contribution in [0.1, 0.15) is 12.0 Å². The van der Waals surface area contributed by atoms with Gasteiger partial charge in [0.2, 0.25) is 0 Å². The van der Waals surface area contributed by atoms with Crippen LogP contribution >= 0.6 is 0 Å². The van der Waals surface area contributed by atoms with E-state index in [4.69, 9.17) is 4.74 Å². The third-order valence-electron chi connectivity index (χ3n) is 4.62. The highest BCUT2D eigenvalue weighted by atomic mass is 19.1. The molecule has 4 nitrogen and oxygen atoms in total. The number of morpholine rings is 1. The predicted octanol–water partition coefficient (Wildman–Crippen LogP) is 3.55. The van der Waals surface area contributed by atoms with Crippen LogP contribution in [-0.2, 0) is 4.74 Å². The van der Waals surface area contributed by atoms with Gasteiger partial charge in [-0.2, -0.15) is 5.10 Å². The van der Waals surface area contributed by atoms with Crippen LogP contribution in [0.2, 0.25) is 0 Å². The van der Waals surface area contributed by atoms with Crippen LogP contribution in [0.4, 0.5) is 24.5 Å². The Morgan fingerprint density at radius 3 is 2.19 bits per heavy atom. The summed E-state index contributed by atoms with van der Waals surface area (Å²) in [7, 11) is 0. The second-order valence-corrected chi connectivity index (χ2v) is 6.28. The van der Waals surface area contributed by atoms with Crippen LogP contribution in [-0.4, -0.2) is 38.6 Å². The van der Waals surface area contributed by atoms with Crippen LogP contribution in [0, 0.1) is 17.5 Å². The molecule has 2 aromatic rings. The Bertz CT molecular complexity index is 809. The lowest BCUT2D eigenvalue weighted by Crippen LogP contribution is -2.36. The van der Waals surface area contributed by atoms with Crippen LogP contribution in [0.25, 0.3) is 0 Å². The van der Waals surface area contributed by atoms with Crippen LogP contribution in [0.5, 0.6) is 0 Å². The third kappa shape index (κ3) is 3.26. The van der Waals surface area contributed by atoms with Crippen molar-refractivity contribution in [3.8, 4) is 0 Å². The molecule has 4 rings (SSSR count). The van der Waals surface area contributed by atoms with Gasteiger partial charge in [-0.05, 0) is 17.7 Å². The first-order chi connectivity index (χ1) is 12.6. The standard InChI is InChI=1S/C19H18F3N3O/c20-14-11-16(21)19(17(22)12-14)25-6-5-18(23-25)13-1-3-15(4-2-13)24-7-9-26-10-8-24/h1-4,11-12H,5-10H2. The maximum atomic E-state index is 13.9. The number of halogens is 3. The largest absolute Gasteiger partial charge is 0.378 e. The monoisotopic (exact) mass is 361 g/mol. The van der Waals surface area contributed by atoms with Gasteiger partial charge < -0.3 is 9.64 Å². The fourth-order valence-electron chi connectivity index (χ4n) is 3.29. The molecular formula is C19H18F3N3O. The van der Waals surface area contributed by atoms with E-state index in [2.05, 4.69) is 10.0 Å². The Labute approximate surface area is 149 Å². The summed E-state index contributed by atoms with van der Waals surface area (Å²) in [6.45, 7) is 3.50. The van der Waals surface area contributed by atoms with E-state index in [9.17, 15) is 13.2 Å². The molecule has 0 radical (unpaired) electrons. The number of ether oxygens (including phenoxy) is 1. The van der Waals surface area contributed by atoms with Crippen molar-refractivity contribution in [2.45, 2.75) is 6.42 Å². The van der Waals surface area contributed by atoms with Gasteiger partial charge in [0.25, 0.3) is 0 Å². The molecule has 0 amide bonds. The summed E-state index contributed by atoms with van der Waals surface area (Å²) in [6.07, 6.45) is 0.563. The minimum absolute atomic E-state index is 0.314. The lowest BCUT2D eigenvalue weighted by Gasteiger charge is -2.28. The molecule has 0 bridgehead atoms. The number of hydrogen-bond donors (Lipinski definition) is 0. The van der Waals surface area contributed by atoms with Crippen LogP contribution in [0.3, 0.4) is 0 Å². The molecule has 136 valence electrons. The third-order valence-corrected chi connectivity index (χ3v) is 4.62. The Balaban J connectivity index is 1.55. The number of anilines is 2. The highest BCUT2D eigenvalue weighted by molar-refractivity contribution is 6.03. The molecule has 0 unspecified atom stereocenters. The summed E-state index contributed by atoms with van der Waals surface area (Å²) in [5.41, 5.74) is 2.46. The maximum Gasteiger partial charge on any atom is 0.154 e. The lowest BCUT2D eigenvalue weighted by molar-refractivity contribution is 0.122. The fraction of sp³-hybridized carbons (Fsp3) is 0.316. The summed E-state index contributed by atoms with van der Waals surface area (Å²) in [5.74, 6) is -2.84. The van der Waals surface area contributed by atoms with Crippen molar-refractivity contribution < 1.29 is 17.9 Å². The first-order valence-corrected chi connectivity index (χ1v) is 8.54. The summed E-state index contributed by atoms with van der Waals surface area (Å²) in [6, 6.07) is 9.30. The second kappa shape index (κ2) is 6.99. The normalized spacial score (nSPS) is 17.6. The minimum Gasteiger partial charge on any atom is -0.378 e. The van der Waals surface area contributed by atoms with Gasteiger partial charge in [-0.1, -0.05) is 12.1 Å². The molecular weight excluding hydrogens is 343 g/mol. The molecule has 7 heteroatoms. The van der Waals surface area contributed by atoms with E-state index in [1.807, 2.05) is 24.3 Å². The number of benzene rings is 2. The molecule has 26 heavy (non-hydrogen) atoms. The zero-order valence-electron chi connectivity index (χ0n) is 14.1. The van der Waals surface area contributed by atoms with Gasteiger partial charge in [0.15, 0.2) is 11.6 Å². The fourth-order valence-corrected chi connectivity index (χ4v) is 3.29. The Morgan fingerprint density at radius 2 is 1.54 bits per heavy atom. The van der Waals surface area contributed by atoms with Gasteiger partial charge in [-0.15, -0.1) is 0 Å². The smallest absolute Gasteiger partial charge is 0.154 e. The molecule has 0 spiro atoms. The highest BCUT2D eigenvalue weighted by Gasteiger charge is 2.24. The quantitative estimate of drug-likeness (QED) is 0.837. The van der Waals surface area contributed by atoms with Crippen molar-refractivity contribution in [1.29, 1.82) is 0 Å². The van der Waals surface area contributed by atoms with Gasteiger partial charge in [0.1, 0.15) is 11.5 Å². The van der Waals surface area contributed by atoms with Gasteiger partial charge in [-0.25, -0.2) is 13.2 Å². The predicted molar refractivity (Wildman–Crippen MR) is 94.3 cm³/mol. The SMILES string of the molecule is Fc1cc(F)c(N2CCC(c3ccc(N4CCOCC4)cc3)=N2)c(F)c1. The molecule has 0 N–H and O–H groups in total. The van der Waals surface area contributed by atoms with Gasteiger partial charge in [-0.3, -0.25) is 5.01 Å². The summed E-state index contributed by atoms with van der Waals surface area (Å²) in [5, 5.41) is 5.60. The lowest BCUT2D eigenvalue weighted by atomic mass is 10.1. The maximum absolute atomic E-state index is 13.9. The number of rotatable bonds is 3. The average Bonchev–Trinajstić information content (AvgIpc) is 3.11. The van der Waals surface area contributed by atoms with E-state index < -0.39 is 17.5 Å². The Hall–Kier alpha value is -2.54. The Morgan fingerprint density at radius 1 is 0.885 bits per heavy atom. The second-order valence-electron chi connectivity index (χ2n) is 6.28. The van der Waals surface area contributed by atoms with E-state index in [1.165, 1.54) is 5.01 Å². The molecule has 2 heterocycles. The molecule has 0 aliphatic carbocycles. The van der Waals surface area contributed by atoms with E-state index in [0.29, 0.717) is 25.1 Å². The van der Waals surface area contributed by atoms with E-state index >= 15 is 0 Å². The van der Waals surface area contributed by atoms with Gasteiger partial charge >= 0.3 is 0 Å². The number of nitrogens with zero attached hydrogens (tertiary/aromatic N) is 3. The van der Waals surface area contributed by atoms with Crippen molar-refractivity contribution in [3.05, 3.63) is 59.4 Å². The highest BCUT2D eigenvalue weighted by Crippen LogP contribution is 2.29. The van der Waals surface area contributed by atoms with Crippen molar-refractivity contribution in [3.63, 3.8) is 0 Å². The van der Waals surface area contributed by atoms with E-state index in [-0.39, 0.29) is 5.69 Å². The zero-order valence-corrected chi connectivity index (χ0v) is 14.1. The van der Waals surface area contributed by atoms with Crippen LogP contribution < -0.4 is 9.91 Å². The topological polar surface area (TPSA) is 28.1 Å². The van der Waals surface area contributed by atoms with E-state index in [1.54, 1.807) is 0 Å². The minimum atomic E-state index is -0.949. The average molecular weight is 361 g/mol. The van der Waals surface area contributed by atoms with Gasteiger partial charge in [0.05, 0.1) is 18.9 Å². The summed E-state index contributed by atoms with van der Waals surface area (Å²) >= 11 is 0. The van der Waals surface area contributed by atoms with Gasteiger partial charge in [0, 0.05) is 43.9 Å². The van der Waals surface area contributed by atoms with Crippen molar-refractivity contribution in [2.24, 2.45) is 5.10 Å². The van der Waals surface area contributed by atoms with Crippen molar-refractivity contribution >= 4 is 17.1 Å². The molecule has 2 aromatic carbocycles. The van der Waals surface area contributed by atoms with E-state index in [0.717, 1.165) is 43.3 Å². The molecule has 2 aliphatic heterocycles. The number of hydrazone groups is 1. The molecule has 2 aliphatic rings. The first kappa shape index (κ1) is 16.9. The van der Waals surface area contributed by atoms with Crippen molar-refractivity contribution in [2.75, 3.05) is 42.8 Å². The first-order valence-electron chi connectivity index (χ1n) is 8.54. The molecule has 0 atom stereocenters. The zero-order chi connectivity index (χ0) is 18.1. The Kier molecular flexibility index (Phi) is 4.55. The van der Waals surface area contributed by atoms with Crippen molar-refractivity contribution in [1.82, 2.24) is 0 Å². The summed E-state index contributed by atoms with van der Waals surface area (Å²) < 4.78 is 46.3. The molecule has 0 saturated carbocycles.